The van der Waals surface area contributed by atoms with Crippen LogP contribution in [0.3, 0.4) is 0 Å². The molecule has 0 saturated carbocycles. The molecule has 2 aromatic carbocycles. The molecule has 19 heavy (non-hydrogen) atoms. The van der Waals surface area contributed by atoms with Crippen molar-refractivity contribution in [3.8, 4) is 0 Å². The van der Waals surface area contributed by atoms with Crippen LogP contribution in [0.15, 0.2) is 48.5 Å². The van der Waals surface area contributed by atoms with Crippen molar-refractivity contribution in [1.82, 2.24) is 4.98 Å². The van der Waals surface area contributed by atoms with Crippen molar-refractivity contribution in [2.24, 2.45) is 0 Å². The fourth-order valence-corrected chi connectivity index (χ4v) is 2.28. The van der Waals surface area contributed by atoms with Crippen LogP contribution in [0.2, 0.25) is 0 Å². The van der Waals surface area contributed by atoms with Gasteiger partial charge in [-0.3, -0.25) is 0 Å². The number of halogens is 1. The SMILES string of the molecule is CC(C)Nc1c2ccccc2nc2ccccc12.[Cl-]. The zero-order chi connectivity index (χ0) is 12.5. The number of pyridine rings is 1. The van der Waals surface area contributed by atoms with E-state index in [1.54, 1.807) is 0 Å². The molecule has 1 heterocycles. The minimum Gasteiger partial charge on any atom is -1.00 e. The third-order valence-corrected chi connectivity index (χ3v) is 3.02. The summed E-state index contributed by atoms with van der Waals surface area (Å²) in [6.45, 7) is 4.31. The molecule has 3 aromatic rings. The van der Waals surface area contributed by atoms with E-state index >= 15 is 0 Å². The molecule has 98 valence electrons. The maximum atomic E-state index is 4.71. The van der Waals surface area contributed by atoms with Gasteiger partial charge in [-0.05, 0) is 26.0 Å². The van der Waals surface area contributed by atoms with Crippen molar-refractivity contribution >= 4 is 27.5 Å². The Morgan fingerprint density at radius 2 is 1.32 bits per heavy atom. The lowest BCUT2D eigenvalue weighted by Crippen LogP contribution is -3.00. The number of hydrogen-bond donors (Lipinski definition) is 1. The Bertz CT molecular complexity index is 653. The zero-order valence-electron chi connectivity index (χ0n) is 11.0. The molecule has 3 heteroatoms. The first-order chi connectivity index (χ1) is 8.75. The molecule has 0 fully saturated rings. The monoisotopic (exact) mass is 271 g/mol. The molecule has 3 rings (SSSR count). The lowest BCUT2D eigenvalue weighted by molar-refractivity contribution is -0.00000374. The Morgan fingerprint density at radius 1 is 0.842 bits per heavy atom. The van der Waals surface area contributed by atoms with Gasteiger partial charge in [0, 0.05) is 16.8 Å². The van der Waals surface area contributed by atoms with Crippen molar-refractivity contribution in [3.05, 3.63) is 48.5 Å². The Kier molecular flexibility index (Phi) is 3.91. The zero-order valence-corrected chi connectivity index (χ0v) is 11.8. The molecule has 0 bridgehead atoms. The highest BCUT2D eigenvalue weighted by molar-refractivity contribution is 6.07. The molecule has 0 radical (unpaired) electrons. The van der Waals surface area contributed by atoms with Gasteiger partial charge >= 0.3 is 0 Å². The van der Waals surface area contributed by atoms with Crippen LogP contribution in [-0.4, -0.2) is 11.0 Å². The maximum Gasteiger partial charge on any atom is 0.0730 e. The minimum atomic E-state index is 0. The van der Waals surface area contributed by atoms with Crippen molar-refractivity contribution in [1.29, 1.82) is 0 Å². The molecule has 2 nitrogen and oxygen atoms in total. The normalized spacial score (nSPS) is 10.7. The molecule has 0 aliphatic rings. The molecule has 1 N–H and O–H groups in total. The fourth-order valence-electron chi connectivity index (χ4n) is 2.28. The standard InChI is InChI=1S/C16H16N2.ClH/c1-11(2)17-16-12-7-3-5-9-14(12)18-15-10-6-4-8-13(15)16;/h3-11H,1-2H3,(H,17,18);1H/p-1. The summed E-state index contributed by atoms with van der Waals surface area (Å²) in [6, 6.07) is 17.0. The maximum absolute atomic E-state index is 4.71. The molecule has 0 atom stereocenters. The van der Waals surface area contributed by atoms with Gasteiger partial charge in [-0.2, -0.15) is 0 Å². The topological polar surface area (TPSA) is 24.9 Å². The van der Waals surface area contributed by atoms with Crippen LogP contribution in [-0.2, 0) is 0 Å². The van der Waals surface area contributed by atoms with Crippen LogP contribution in [0, 0.1) is 0 Å². The molecule has 1 aromatic heterocycles. The Balaban J connectivity index is 0.00000133. The Hall–Kier alpha value is -1.80. The predicted octanol–water partition coefficient (Wildman–Crippen LogP) is 1.21. The summed E-state index contributed by atoms with van der Waals surface area (Å²) < 4.78 is 0. The molecule has 0 aliphatic heterocycles. The molecular formula is C16H16ClN2-. The highest BCUT2D eigenvalue weighted by Crippen LogP contribution is 2.30. The van der Waals surface area contributed by atoms with Gasteiger partial charge in [-0.25, -0.2) is 4.98 Å². The van der Waals surface area contributed by atoms with Gasteiger partial charge in [0.25, 0.3) is 0 Å². The second kappa shape index (κ2) is 5.45. The van der Waals surface area contributed by atoms with E-state index in [1.165, 1.54) is 16.5 Å². The first kappa shape index (κ1) is 13.6. The highest BCUT2D eigenvalue weighted by Gasteiger charge is 2.08. The summed E-state index contributed by atoms with van der Waals surface area (Å²) in [5, 5.41) is 5.92. The summed E-state index contributed by atoms with van der Waals surface area (Å²) in [5.74, 6) is 0. The van der Waals surface area contributed by atoms with Crippen molar-refractivity contribution in [2.45, 2.75) is 19.9 Å². The average Bonchev–Trinajstić information content (AvgIpc) is 2.38. The first-order valence-corrected chi connectivity index (χ1v) is 6.30. The average molecular weight is 272 g/mol. The van der Waals surface area contributed by atoms with Crippen LogP contribution in [0.4, 0.5) is 5.69 Å². The number of nitrogens with one attached hydrogen (secondary N) is 1. The summed E-state index contributed by atoms with van der Waals surface area (Å²) in [6.07, 6.45) is 0. The van der Waals surface area contributed by atoms with Gasteiger partial charge in [0.15, 0.2) is 0 Å². The number of fused-ring (bicyclic) bond motifs is 2. The van der Waals surface area contributed by atoms with Crippen LogP contribution >= 0.6 is 0 Å². The van der Waals surface area contributed by atoms with Gasteiger partial charge in [-0.15, -0.1) is 0 Å². The van der Waals surface area contributed by atoms with Crippen molar-refractivity contribution < 1.29 is 12.4 Å². The minimum absolute atomic E-state index is 0. The molecular weight excluding hydrogens is 256 g/mol. The van der Waals surface area contributed by atoms with Crippen molar-refractivity contribution in [2.75, 3.05) is 5.32 Å². The lowest BCUT2D eigenvalue weighted by Gasteiger charge is -2.15. The quantitative estimate of drug-likeness (QED) is 0.709. The van der Waals surface area contributed by atoms with E-state index in [-0.39, 0.29) is 12.4 Å². The smallest absolute Gasteiger partial charge is 0.0730 e. The van der Waals surface area contributed by atoms with E-state index in [2.05, 4.69) is 55.6 Å². The molecule has 0 saturated heterocycles. The number of anilines is 1. The van der Waals surface area contributed by atoms with Gasteiger partial charge in [0.2, 0.25) is 0 Å². The number of para-hydroxylation sites is 2. The summed E-state index contributed by atoms with van der Waals surface area (Å²) in [4.78, 5) is 4.71. The number of nitrogens with zero attached hydrogens (tertiary/aromatic N) is 1. The van der Waals surface area contributed by atoms with Crippen LogP contribution in [0.1, 0.15) is 13.8 Å². The van der Waals surface area contributed by atoms with Gasteiger partial charge in [0.1, 0.15) is 0 Å². The van der Waals surface area contributed by atoms with Crippen molar-refractivity contribution in [3.63, 3.8) is 0 Å². The van der Waals surface area contributed by atoms with E-state index in [9.17, 15) is 0 Å². The van der Waals surface area contributed by atoms with E-state index in [4.69, 9.17) is 4.98 Å². The van der Waals surface area contributed by atoms with E-state index in [1.807, 2.05) is 12.1 Å². The summed E-state index contributed by atoms with van der Waals surface area (Å²) >= 11 is 0. The largest absolute Gasteiger partial charge is 1.00 e. The number of hydrogen-bond acceptors (Lipinski definition) is 2. The van der Waals surface area contributed by atoms with Crippen LogP contribution < -0.4 is 17.7 Å². The van der Waals surface area contributed by atoms with E-state index in [0.29, 0.717) is 6.04 Å². The number of rotatable bonds is 2. The molecule has 0 spiro atoms. The molecule has 0 unspecified atom stereocenters. The van der Waals surface area contributed by atoms with Gasteiger partial charge < -0.3 is 17.7 Å². The first-order valence-electron chi connectivity index (χ1n) is 6.30. The molecule has 0 amide bonds. The Morgan fingerprint density at radius 3 is 1.79 bits per heavy atom. The number of benzene rings is 2. The highest BCUT2D eigenvalue weighted by atomic mass is 35.5. The Labute approximate surface area is 119 Å². The lowest BCUT2D eigenvalue weighted by atomic mass is 10.1. The summed E-state index contributed by atoms with van der Waals surface area (Å²) in [7, 11) is 0. The van der Waals surface area contributed by atoms with Gasteiger partial charge in [-0.1, -0.05) is 36.4 Å². The third-order valence-electron chi connectivity index (χ3n) is 3.02. The van der Waals surface area contributed by atoms with E-state index < -0.39 is 0 Å². The fraction of sp³-hybridized carbons (Fsp3) is 0.188. The predicted molar refractivity (Wildman–Crippen MR) is 78.0 cm³/mol. The van der Waals surface area contributed by atoms with Crippen LogP contribution in [0.5, 0.6) is 0 Å². The van der Waals surface area contributed by atoms with E-state index in [0.717, 1.165) is 11.0 Å². The summed E-state index contributed by atoms with van der Waals surface area (Å²) in [5.41, 5.74) is 3.27. The van der Waals surface area contributed by atoms with Crippen LogP contribution in [0.25, 0.3) is 21.8 Å². The molecule has 0 aliphatic carbocycles. The number of aromatic nitrogens is 1. The van der Waals surface area contributed by atoms with Gasteiger partial charge in [0.05, 0.1) is 16.7 Å². The second-order valence-electron chi connectivity index (χ2n) is 4.82. The third kappa shape index (κ3) is 2.49. The second-order valence-corrected chi connectivity index (χ2v) is 4.82.